The predicted octanol–water partition coefficient (Wildman–Crippen LogP) is 0.371. The first-order valence-electron chi connectivity index (χ1n) is 2.54. The summed E-state index contributed by atoms with van der Waals surface area (Å²) in [6.07, 6.45) is -2.67. The molecule has 0 N–H and O–H groups in total. The summed E-state index contributed by atoms with van der Waals surface area (Å²) in [4.78, 5) is 13.3. The molecule has 1 heterocycles. The number of rotatable bonds is 1. The third-order valence-electron chi connectivity index (χ3n) is 1.02. The molecular weight excluding hydrogens is 138 g/mol. The van der Waals surface area contributed by atoms with Crippen molar-refractivity contribution in [3.63, 3.8) is 0 Å². The molecule has 0 aromatic heterocycles. The molecule has 0 radical (unpaired) electrons. The molecule has 1 aliphatic rings. The number of hydrogen-bond donors (Lipinski definition) is 0. The fourth-order valence-electron chi connectivity index (χ4n) is 0.587. The highest BCUT2D eigenvalue weighted by Crippen LogP contribution is 2.15. The summed E-state index contributed by atoms with van der Waals surface area (Å²) in [6, 6.07) is 0. The van der Waals surface area contributed by atoms with E-state index in [1.54, 1.807) is 0 Å². The molecule has 0 aromatic rings. The number of nitrogens with zero attached hydrogens (tertiary/aromatic N) is 1. The minimum atomic E-state index is -0.947. The summed E-state index contributed by atoms with van der Waals surface area (Å²) < 4.78 is 13.4. The number of ether oxygens (including phenoxy) is 3. The van der Waals surface area contributed by atoms with E-state index in [1.807, 2.05) is 0 Å². The summed E-state index contributed by atoms with van der Waals surface area (Å²) in [5, 5.41) is 0. The standard InChI is InChI=1S/C5H5NO4/c1-6-3-4(8-2)10-5(7)9-3/h3-4H,2H3. The van der Waals surface area contributed by atoms with Gasteiger partial charge in [-0.25, -0.2) is 11.4 Å². The van der Waals surface area contributed by atoms with E-state index in [4.69, 9.17) is 6.57 Å². The van der Waals surface area contributed by atoms with Crippen LogP contribution in [0, 0.1) is 6.57 Å². The Hall–Kier alpha value is -1.28. The van der Waals surface area contributed by atoms with Gasteiger partial charge < -0.3 is 14.2 Å². The Labute approximate surface area is 57.3 Å². The number of carbonyl (C=O) groups is 1. The van der Waals surface area contributed by atoms with Crippen LogP contribution in [0.1, 0.15) is 0 Å². The van der Waals surface area contributed by atoms with Gasteiger partial charge in [0.05, 0.1) is 0 Å². The average molecular weight is 143 g/mol. The van der Waals surface area contributed by atoms with Crippen molar-refractivity contribution in [2.24, 2.45) is 0 Å². The van der Waals surface area contributed by atoms with Crippen molar-refractivity contribution in [1.29, 1.82) is 0 Å². The highest BCUT2D eigenvalue weighted by molar-refractivity contribution is 5.62. The predicted molar refractivity (Wildman–Crippen MR) is 28.8 cm³/mol. The van der Waals surface area contributed by atoms with Crippen molar-refractivity contribution in [1.82, 2.24) is 0 Å². The molecule has 0 aliphatic carbocycles. The van der Waals surface area contributed by atoms with E-state index < -0.39 is 18.7 Å². The highest BCUT2D eigenvalue weighted by Gasteiger charge is 2.42. The van der Waals surface area contributed by atoms with E-state index in [0.717, 1.165) is 0 Å². The zero-order chi connectivity index (χ0) is 7.56. The van der Waals surface area contributed by atoms with Gasteiger partial charge in [-0.2, -0.15) is 0 Å². The van der Waals surface area contributed by atoms with Crippen molar-refractivity contribution >= 4 is 6.16 Å². The lowest BCUT2D eigenvalue weighted by Gasteiger charge is -2.00. The van der Waals surface area contributed by atoms with Gasteiger partial charge in [-0.3, -0.25) is 4.85 Å². The number of cyclic esters (lactones) is 2. The van der Waals surface area contributed by atoms with E-state index in [2.05, 4.69) is 19.1 Å². The summed E-state index contributed by atoms with van der Waals surface area (Å²) in [5.74, 6) is 0. The first kappa shape index (κ1) is 6.83. The SMILES string of the molecule is [C-]#[N+]C1OC(=O)OC1OC. The van der Waals surface area contributed by atoms with E-state index >= 15 is 0 Å². The second-order valence-electron chi connectivity index (χ2n) is 1.61. The second kappa shape index (κ2) is 2.54. The minimum Gasteiger partial charge on any atom is -0.391 e. The third kappa shape index (κ3) is 1.01. The fraction of sp³-hybridized carbons (Fsp3) is 0.600. The first-order valence-corrected chi connectivity index (χ1v) is 2.54. The largest absolute Gasteiger partial charge is 0.517 e. The van der Waals surface area contributed by atoms with Gasteiger partial charge in [0.1, 0.15) is 0 Å². The Balaban J connectivity index is 2.59. The Morgan fingerprint density at radius 2 is 2.40 bits per heavy atom. The van der Waals surface area contributed by atoms with Gasteiger partial charge in [-0.15, -0.1) is 0 Å². The number of hydrogen-bond acceptors (Lipinski definition) is 4. The van der Waals surface area contributed by atoms with E-state index in [0.29, 0.717) is 0 Å². The van der Waals surface area contributed by atoms with Crippen molar-refractivity contribution in [3.8, 4) is 0 Å². The monoisotopic (exact) mass is 143 g/mol. The Bertz CT molecular complexity index is 185. The zero-order valence-corrected chi connectivity index (χ0v) is 5.23. The molecule has 1 fully saturated rings. The maximum atomic E-state index is 10.3. The van der Waals surface area contributed by atoms with Crippen LogP contribution in [0.15, 0.2) is 0 Å². The quantitative estimate of drug-likeness (QED) is 0.393. The Kier molecular flexibility index (Phi) is 1.73. The molecule has 10 heavy (non-hydrogen) atoms. The highest BCUT2D eigenvalue weighted by atomic mass is 16.8. The van der Waals surface area contributed by atoms with Crippen LogP contribution in [0.5, 0.6) is 0 Å². The first-order chi connectivity index (χ1) is 4.77. The smallest absolute Gasteiger partial charge is 0.391 e. The Morgan fingerprint density at radius 1 is 1.70 bits per heavy atom. The molecule has 0 saturated carbocycles. The molecule has 2 unspecified atom stereocenters. The maximum absolute atomic E-state index is 10.3. The van der Waals surface area contributed by atoms with Gasteiger partial charge in [0, 0.05) is 7.11 Å². The van der Waals surface area contributed by atoms with Crippen LogP contribution in [0.25, 0.3) is 4.85 Å². The molecule has 0 bridgehead atoms. The Morgan fingerprint density at radius 3 is 2.80 bits per heavy atom. The molecule has 0 amide bonds. The van der Waals surface area contributed by atoms with E-state index in [1.165, 1.54) is 7.11 Å². The normalized spacial score (nSPS) is 30.6. The molecule has 5 heteroatoms. The van der Waals surface area contributed by atoms with Crippen LogP contribution in [-0.2, 0) is 14.2 Å². The summed E-state index contributed by atoms with van der Waals surface area (Å²) in [6.45, 7) is 6.51. The summed E-state index contributed by atoms with van der Waals surface area (Å²) in [5.41, 5.74) is 0. The molecule has 2 atom stereocenters. The third-order valence-corrected chi connectivity index (χ3v) is 1.02. The van der Waals surface area contributed by atoms with Crippen molar-refractivity contribution < 1.29 is 19.0 Å². The summed E-state index contributed by atoms with van der Waals surface area (Å²) in [7, 11) is 1.34. The van der Waals surface area contributed by atoms with Gasteiger partial charge in [0.15, 0.2) is 0 Å². The molecule has 0 spiro atoms. The van der Waals surface area contributed by atoms with Crippen LogP contribution < -0.4 is 0 Å². The summed E-state index contributed by atoms with van der Waals surface area (Å²) >= 11 is 0. The molecule has 54 valence electrons. The number of carbonyl (C=O) groups excluding carboxylic acids is 1. The zero-order valence-electron chi connectivity index (χ0n) is 5.23. The van der Waals surface area contributed by atoms with Crippen molar-refractivity contribution in [2.75, 3.05) is 7.11 Å². The minimum absolute atomic E-state index is 0.854. The van der Waals surface area contributed by atoms with Crippen LogP contribution >= 0.6 is 0 Å². The van der Waals surface area contributed by atoms with Crippen molar-refractivity contribution in [3.05, 3.63) is 11.4 Å². The lowest BCUT2D eigenvalue weighted by atomic mass is 10.6. The lowest BCUT2D eigenvalue weighted by Crippen LogP contribution is -2.20. The van der Waals surface area contributed by atoms with Gasteiger partial charge in [0.2, 0.25) is 0 Å². The number of methoxy groups -OCH3 is 1. The van der Waals surface area contributed by atoms with Gasteiger partial charge in [-0.1, -0.05) is 0 Å². The van der Waals surface area contributed by atoms with Crippen LogP contribution in [0.2, 0.25) is 0 Å². The molecule has 0 aromatic carbocycles. The molecular formula is C5H5NO4. The van der Waals surface area contributed by atoms with Gasteiger partial charge in [0.25, 0.3) is 0 Å². The van der Waals surface area contributed by atoms with E-state index in [9.17, 15) is 4.79 Å². The van der Waals surface area contributed by atoms with Crippen LogP contribution in [0.4, 0.5) is 4.79 Å². The average Bonchev–Trinajstić information content (AvgIpc) is 2.30. The fourth-order valence-corrected chi connectivity index (χ4v) is 0.587. The molecule has 1 rings (SSSR count). The van der Waals surface area contributed by atoms with E-state index in [-0.39, 0.29) is 0 Å². The van der Waals surface area contributed by atoms with Gasteiger partial charge in [-0.05, 0) is 0 Å². The molecule has 1 aliphatic heterocycles. The van der Waals surface area contributed by atoms with Gasteiger partial charge >= 0.3 is 18.7 Å². The van der Waals surface area contributed by atoms with Crippen molar-refractivity contribution in [2.45, 2.75) is 12.5 Å². The van der Waals surface area contributed by atoms with Crippen LogP contribution in [0.3, 0.4) is 0 Å². The molecule has 5 nitrogen and oxygen atoms in total. The second-order valence-corrected chi connectivity index (χ2v) is 1.61. The lowest BCUT2D eigenvalue weighted by molar-refractivity contribution is -0.0663. The maximum Gasteiger partial charge on any atom is 0.517 e. The van der Waals surface area contributed by atoms with Crippen LogP contribution in [-0.4, -0.2) is 25.8 Å². The molecule has 1 saturated heterocycles. The topological polar surface area (TPSA) is 49.1 Å².